The van der Waals surface area contributed by atoms with Gasteiger partial charge in [-0.05, 0) is 26.0 Å². The molecule has 1 unspecified atom stereocenters. The molecule has 0 fully saturated rings. The summed E-state index contributed by atoms with van der Waals surface area (Å²) in [6.45, 7) is 4.72. The molecule has 0 spiro atoms. The molecular formula is C14H18ClNO4S. The quantitative estimate of drug-likeness (QED) is 0.763. The lowest BCUT2D eigenvalue weighted by atomic mass is 10.2. The highest BCUT2D eigenvalue weighted by Gasteiger charge is 2.22. The molecule has 1 aromatic heterocycles. The van der Waals surface area contributed by atoms with E-state index >= 15 is 0 Å². The maximum Gasteiger partial charge on any atom is 0.263 e. The fraction of sp³-hybridized carbons (Fsp3) is 0.429. The van der Waals surface area contributed by atoms with Crippen molar-refractivity contribution in [1.29, 1.82) is 0 Å². The van der Waals surface area contributed by atoms with Crippen LogP contribution in [0.2, 0.25) is 0 Å². The Bertz CT molecular complexity index is 739. The van der Waals surface area contributed by atoms with Crippen molar-refractivity contribution in [3.63, 3.8) is 0 Å². The third-order valence-corrected chi connectivity index (χ3v) is 4.59. The minimum absolute atomic E-state index is 0.0535. The number of benzene rings is 1. The maximum atomic E-state index is 11.8. The zero-order valence-electron chi connectivity index (χ0n) is 12.2. The minimum atomic E-state index is -3.86. The maximum absolute atomic E-state index is 11.8. The molecule has 0 aliphatic heterocycles. The van der Waals surface area contributed by atoms with Crippen molar-refractivity contribution < 1.29 is 17.9 Å². The lowest BCUT2D eigenvalue weighted by Gasteiger charge is -2.12. The molecule has 1 aromatic carbocycles. The van der Waals surface area contributed by atoms with Crippen molar-refractivity contribution in [2.45, 2.75) is 31.4 Å². The molecule has 0 aliphatic carbocycles. The Morgan fingerprint density at radius 3 is 2.67 bits per heavy atom. The van der Waals surface area contributed by atoms with Gasteiger partial charge in [-0.3, -0.25) is 0 Å². The second kappa shape index (κ2) is 6.25. The van der Waals surface area contributed by atoms with Crippen LogP contribution in [0.15, 0.2) is 29.3 Å². The summed E-state index contributed by atoms with van der Waals surface area (Å²) >= 11 is 0. The van der Waals surface area contributed by atoms with Crippen LogP contribution in [0.4, 0.5) is 0 Å². The Hall–Kier alpha value is -1.24. The van der Waals surface area contributed by atoms with E-state index < -0.39 is 9.05 Å². The van der Waals surface area contributed by atoms with E-state index in [1.54, 1.807) is 13.2 Å². The van der Waals surface area contributed by atoms with Gasteiger partial charge in [0.25, 0.3) is 9.05 Å². The van der Waals surface area contributed by atoms with E-state index in [9.17, 15) is 8.42 Å². The number of fused-ring (bicyclic) bond motifs is 1. The Morgan fingerprint density at radius 2 is 2.10 bits per heavy atom. The highest BCUT2D eigenvalue weighted by Crippen LogP contribution is 2.35. The average Bonchev–Trinajstić information content (AvgIpc) is 2.79. The van der Waals surface area contributed by atoms with E-state index in [-0.39, 0.29) is 11.0 Å². The normalized spacial score (nSPS) is 13.5. The largest absolute Gasteiger partial charge is 0.493 e. The predicted molar refractivity (Wildman–Crippen MR) is 82.6 cm³/mol. The summed E-state index contributed by atoms with van der Waals surface area (Å²) in [5.41, 5.74) is 0.754. The average molecular weight is 332 g/mol. The number of hydrogen-bond donors (Lipinski definition) is 0. The van der Waals surface area contributed by atoms with Crippen LogP contribution in [-0.4, -0.2) is 32.8 Å². The Kier molecular flexibility index (Phi) is 4.81. The second-order valence-corrected chi connectivity index (χ2v) is 7.25. The number of aromatic nitrogens is 1. The molecule has 2 rings (SSSR count). The second-order valence-electron chi connectivity index (χ2n) is 4.71. The Labute approximate surface area is 128 Å². The standard InChI is InChI=1S/C14H18ClNO4S/c1-4-20-12-7-5-6-11-14(12)13(21(15,17)18)9-16(11)8-10(2)19-3/h5-7,9-10H,4,8H2,1-3H3. The van der Waals surface area contributed by atoms with Gasteiger partial charge >= 0.3 is 0 Å². The minimum Gasteiger partial charge on any atom is -0.493 e. The molecule has 0 N–H and O–H groups in total. The van der Waals surface area contributed by atoms with Gasteiger partial charge in [-0.25, -0.2) is 8.42 Å². The number of hydrogen-bond acceptors (Lipinski definition) is 4. The molecule has 5 nitrogen and oxygen atoms in total. The number of ether oxygens (including phenoxy) is 2. The van der Waals surface area contributed by atoms with Crippen LogP contribution >= 0.6 is 10.7 Å². The van der Waals surface area contributed by atoms with Crippen molar-refractivity contribution in [2.24, 2.45) is 0 Å². The van der Waals surface area contributed by atoms with Crippen LogP contribution in [0.25, 0.3) is 10.9 Å². The summed E-state index contributed by atoms with van der Waals surface area (Å²) in [6, 6.07) is 5.40. The van der Waals surface area contributed by atoms with E-state index in [4.69, 9.17) is 20.2 Å². The van der Waals surface area contributed by atoms with Crippen molar-refractivity contribution in [3.8, 4) is 5.75 Å². The number of rotatable bonds is 6. The molecule has 0 radical (unpaired) electrons. The number of methoxy groups -OCH3 is 1. The molecule has 0 saturated heterocycles. The van der Waals surface area contributed by atoms with Crippen LogP contribution in [-0.2, 0) is 20.3 Å². The predicted octanol–water partition coefficient (Wildman–Crippen LogP) is 3.00. The van der Waals surface area contributed by atoms with Crippen molar-refractivity contribution in [3.05, 3.63) is 24.4 Å². The SMILES string of the molecule is CCOc1cccc2c1c(S(=O)(=O)Cl)cn2CC(C)OC. The van der Waals surface area contributed by atoms with E-state index in [0.29, 0.717) is 24.3 Å². The monoisotopic (exact) mass is 331 g/mol. The third kappa shape index (κ3) is 3.33. The van der Waals surface area contributed by atoms with Crippen LogP contribution < -0.4 is 4.74 Å². The van der Waals surface area contributed by atoms with Gasteiger partial charge in [-0.1, -0.05) is 6.07 Å². The molecule has 0 saturated carbocycles. The third-order valence-electron chi connectivity index (χ3n) is 3.25. The molecule has 2 aromatic rings. The van der Waals surface area contributed by atoms with Gasteiger partial charge in [0.1, 0.15) is 10.6 Å². The van der Waals surface area contributed by atoms with Crippen molar-refractivity contribution in [1.82, 2.24) is 4.57 Å². The first-order valence-electron chi connectivity index (χ1n) is 6.60. The van der Waals surface area contributed by atoms with E-state index in [1.165, 1.54) is 6.20 Å². The molecule has 116 valence electrons. The zero-order chi connectivity index (χ0) is 15.6. The summed E-state index contributed by atoms with van der Waals surface area (Å²) in [7, 11) is 3.32. The van der Waals surface area contributed by atoms with E-state index in [1.807, 2.05) is 30.5 Å². The van der Waals surface area contributed by atoms with Crippen LogP contribution in [0.3, 0.4) is 0 Å². The van der Waals surface area contributed by atoms with Crippen molar-refractivity contribution >= 4 is 30.6 Å². The van der Waals surface area contributed by atoms with E-state index in [0.717, 1.165) is 5.52 Å². The summed E-state index contributed by atoms with van der Waals surface area (Å²) in [4.78, 5) is 0.0616. The highest BCUT2D eigenvalue weighted by atomic mass is 35.7. The summed E-state index contributed by atoms with van der Waals surface area (Å²) in [5, 5.41) is 0.512. The van der Waals surface area contributed by atoms with E-state index in [2.05, 4.69) is 0 Å². The topological polar surface area (TPSA) is 57.5 Å². The number of halogens is 1. The van der Waals surface area contributed by atoms with Gasteiger partial charge < -0.3 is 14.0 Å². The molecule has 0 aliphatic rings. The first kappa shape index (κ1) is 16.1. The van der Waals surface area contributed by atoms with Gasteiger partial charge in [-0.15, -0.1) is 0 Å². The van der Waals surface area contributed by atoms with Gasteiger partial charge in [-0.2, -0.15) is 0 Å². The molecule has 0 amide bonds. The smallest absolute Gasteiger partial charge is 0.263 e. The summed E-state index contributed by atoms with van der Waals surface area (Å²) in [6.07, 6.45) is 1.48. The molecule has 21 heavy (non-hydrogen) atoms. The zero-order valence-corrected chi connectivity index (χ0v) is 13.7. The molecule has 0 bridgehead atoms. The van der Waals surface area contributed by atoms with Gasteiger partial charge in [0.15, 0.2) is 0 Å². The van der Waals surface area contributed by atoms with Crippen molar-refractivity contribution in [2.75, 3.05) is 13.7 Å². The molecule has 1 atom stereocenters. The lowest BCUT2D eigenvalue weighted by molar-refractivity contribution is 0.104. The number of nitrogens with zero attached hydrogens (tertiary/aromatic N) is 1. The summed E-state index contributed by atoms with van der Waals surface area (Å²) in [5.74, 6) is 0.512. The summed E-state index contributed by atoms with van der Waals surface area (Å²) < 4.78 is 36.3. The van der Waals surface area contributed by atoms with Crippen LogP contribution in [0, 0.1) is 0 Å². The Balaban J connectivity index is 2.70. The molecular weight excluding hydrogens is 314 g/mol. The highest BCUT2D eigenvalue weighted by molar-refractivity contribution is 8.14. The lowest BCUT2D eigenvalue weighted by Crippen LogP contribution is -2.13. The Morgan fingerprint density at radius 1 is 1.38 bits per heavy atom. The fourth-order valence-electron chi connectivity index (χ4n) is 2.25. The van der Waals surface area contributed by atoms with Crippen LogP contribution in [0.5, 0.6) is 5.75 Å². The van der Waals surface area contributed by atoms with Gasteiger partial charge in [0.2, 0.25) is 0 Å². The first-order valence-corrected chi connectivity index (χ1v) is 8.91. The molecule has 1 heterocycles. The van der Waals surface area contributed by atoms with Gasteiger partial charge in [0, 0.05) is 30.5 Å². The molecule has 7 heteroatoms. The van der Waals surface area contributed by atoms with Crippen LogP contribution in [0.1, 0.15) is 13.8 Å². The van der Waals surface area contributed by atoms with Gasteiger partial charge in [0.05, 0.1) is 23.6 Å². The first-order chi connectivity index (χ1) is 9.88. The fourth-order valence-corrected chi connectivity index (χ4v) is 3.30.